The first-order valence-electron chi connectivity index (χ1n) is 6.63. The van der Waals surface area contributed by atoms with Crippen LogP contribution in [0.4, 0.5) is 6.01 Å². The molecular formula is C14H18ClN3O3. The number of primary amides is 1. The van der Waals surface area contributed by atoms with E-state index in [2.05, 4.69) is 23.7 Å². The normalized spacial score (nSPS) is 22.1. The van der Waals surface area contributed by atoms with Crippen LogP contribution in [-0.4, -0.2) is 36.2 Å². The molecule has 7 heteroatoms. The van der Waals surface area contributed by atoms with Crippen molar-refractivity contribution in [1.82, 2.24) is 4.98 Å². The van der Waals surface area contributed by atoms with E-state index in [4.69, 9.17) is 14.9 Å². The fourth-order valence-electron chi connectivity index (χ4n) is 2.63. The van der Waals surface area contributed by atoms with Gasteiger partial charge in [0.25, 0.3) is 11.9 Å². The van der Waals surface area contributed by atoms with Crippen molar-refractivity contribution >= 4 is 35.4 Å². The topological polar surface area (TPSA) is 81.6 Å². The van der Waals surface area contributed by atoms with Crippen LogP contribution in [0.3, 0.4) is 0 Å². The summed E-state index contributed by atoms with van der Waals surface area (Å²) in [6.07, 6.45) is 0. The molecule has 0 spiro atoms. The van der Waals surface area contributed by atoms with Crippen LogP contribution < -0.4 is 10.6 Å². The van der Waals surface area contributed by atoms with Gasteiger partial charge in [0.1, 0.15) is 5.52 Å². The van der Waals surface area contributed by atoms with Crippen molar-refractivity contribution in [3.05, 3.63) is 23.8 Å². The number of para-hydroxylation sites is 1. The Kier molecular flexibility index (Phi) is 4.39. The maximum absolute atomic E-state index is 11.4. The number of carbonyl (C=O) groups excluding carboxylic acids is 1. The van der Waals surface area contributed by atoms with E-state index in [1.165, 1.54) is 0 Å². The molecule has 0 unspecified atom stereocenters. The smallest absolute Gasteiger partial charge is 0.299 e. The van der Waals surface area contributed by atoms with E-state index in [0.29, 0.717) is 35.9 Å². The second-order valence-corrected chi connectivity index (χ2v) is 5.16. The highest BCUT2D eigenvalue weighted by Gasteiger charge is 2.29. The van der Waals surface area contributed by atoms with Gasteiger partial charge in [-0.1, -0.05) is 6.07 Å². The minimum absolute atomic E-state index is 0. The molecular weight excluding hydrogens is 294 g/mol. The quantitative estimate of drug-likeness (QED) is 0.917. The van der Waals surface area contributed by atoms with Gasteiger partial charge < -0.3 is 19.8 Å². The van der Waals surface area contributed by atoms with Crippen LogP contribution in [0.5, 0.6) is 0 Å². The first kappa shape index (κ1) is 15.6. The number of anilines is 1. The predicted molar refractivity (Wildman–Crippen MR) is 82.0 cm³/mol. The number of morpholine rings is 1. The highest BCUT2D eigenvalue weighted by molar-refractivity contribution is 6.03. The van der Waals surface area contributed by atoms with E-state index >= 15 is 0 Å². The lowest BCUT2D eigenvalue weighted by atomic mass is 10.2. The average Bonchev–Trinajstić information content (AvgIpc) is 2.81. The molecule has 3 rings (SSSR count). The molecule has 6 nitrogen and oxygen atoms in total. The number of fused-ring (bicyclic) bond motifs is 1. The molecule has 0 bridgehead atoms. The van der Waals surface area contributed by atoms with Gasteiger partial charge in [-0.15, -0.1) is 12.4 Å². The zero-order valence-electron chi connectivity index (χ0n) is 11.9. The first-order chi connectivity index (χ1) is 9.58. The molecule has 2 aromatic rings. The number of nitrogens with zero attached hydrogens (tertiary/aromatic N) is 2. The molecule has 1 aromatic heterocycles. The number of amides is 1. The fourth-order valence-corrected chi connectivity index (χ4v) is 2.63. The molecule has 1 fully saturated rings. The van der Waals surface area contributed by atoms with Gasteiger partial charge in [0.05, 0.1) is 30.9 Å². The van der Waals surface area contributed by atoms with E-state index < -0.39 is 5.91 Å². The van der Waals surface area contributed by atoms with Gasteiger partial charge in [-0.25, -0.2) is 0 Å². The Bertz CT molecular complexity index is 648. The molecule has 0 aliphatic carbocycles. The Balaban J connectivity index is 0.00000161. The monoisotopic (exact) mass is 311 g/mol. The van der Waals surface area contributed by atoms with Gasteiger partial charge in [0.2, 0.25) is 0 Å². The average molecular weight is 312 g/mol. The number of benzene rings is 1. The van der Waals surface area contributed by atoms with Crippen molar-refractivity contribution in [2.75, 3.05) is 18.1 Å². The van der Waals surface area contributed by atoms with Gasteiger partial charge >= 0.3 is 0 Å². The summed E-state index contributed by atoms with van der Waals surface area (Å²) in [7, 11) is 0. The predicted octanol–water partition coefficient (Wildman–Crippen LogP) is 1.96. The minimum atomic E-state index is -0.501. The van der Waals surface area contributed by atoms with Crippen LogP contribution in [0.2, 0.25) is 0 Å². The van der Waals surface area contributed by atoms with Gasteiger partial charge in [0.15, 0.2) is 5.58 Å². The van der Waals surface area contributed by atoms with E-state index in [1.807, 2.05) is 0 Å². The van der Waals surface area contributed by atoms with Crippen LogP contribution in [0.1, 0.15) is 24.2 Å². The molecule has 1 saturated heterocycles. The lowest BCUT2D eigenvalue weighted by molar-refractivity contribution is 0.0727. The number of aromatic nitrogens is 1. The molecule has 1 aromatic carbocycles. The molecule has 114 valence electrons. The standard InChI is InChI=1S/C14H17N3O3.ClH/c1-8-6-19-7-9(2)17(8)14-16-12-10(13(15)18)4-3-5-11(12)20-14;/h3-5,8-9H,6-7H2,1-2H3,(H2,15,18);1H/t8-,9-;/m0./s1. The highest BCUT2D eigenvalue weighted by Crippen LogP contribution is 2.28. The van der Waals surface area contributed by atoms with Crippen LogP contribution >= 0.6 is 12.4 Å². The van der Waals surface area contributed by atoms with Gasteiger partial charge in [-0.3, -0.25) is 4.79 Å². The van der Waals surface area contributed by atoms with Crippen LogP contribution in [0.25, 0.3) is 11.1 Å². The Hall–Kier alpha value is -1.79. The lowest BCUT2D eigenvalue weighted by Crippen LogP contribution is -2.49. The van der Waals surface area contributed by atoms with Crippen molar-refractivity contribution in [2.24, 2.45) is 5.73 Å². The highest BCUT2D eigenvalue weighted by atomic mass is 35.5. The Morgan fingerprint density at radius 2 is 2.00 bits per heavy atom. The Morgan fingerprint density at radius 3 is 2.62 bits per heavy atom. The van der Waals surface area contributed by atoms with Crippen LogP contribution in [0.15, 0.2) is 22.6 Å². The molecule has 0 saturated carbocycles. The van der Waals surface area contributed by atoms with Crippen LogP contribution in [-0.2, 0) is 4.74 Å². The van der Waals surface area contributed by atoms with Crippen molar-refractivity contribution in [3.8, 4) is 0 Å². The largest absolute Gasteiger partial charge is 0.423 e. The van der Waals surface area contributed by atoms with Crippen molar-refractivity contribution in [3.63, 3.8) is 0 Å². The van der Waals surface area contributed by atoms with Gasteiger partial charge in [0, 0.05) is 0 Å². The second-order valence-electron chi connectivity index (χ2n) is 5.16. The van der Waals surface area contributed by atoms with E-state index in [0.717, 1.165) is 0 Å². The first-order valence-corrected chi connectivity index (χ1v) is 6.63. The van der Waals surface area contributed by atoms with E-state index in [-0.39, 0.29) is 24.5 Å². The summed E-state index contributed by atoms with van der Waals surface area (Å²) in [6.45, 7) is 5.37. The molecule has 0 radical (unpaired) electrons. The second kappa shape index (κ2) is 5.91. The number of ether oxygens (including phenoxy) is 1. The maximum Gasteiger partial charge on any atom is 0.299 e. The molecule has 1 aliphatic heterocycles. The van der Waals surface area contributed by atoms with Crippen molar-refractivity contribution in [1.29, 1.82) is 0 Å². The number of halogens is 1. The van der Waals surface area contributed by atoms with Gasteiger partial charge in [-0.05, 0) is 26.0 Å². The zero-order valence-corrected chi connectivity index (χ0v) is 12.7. The molecule has 21 heavy (non-hydrogen) atoms. The number of carbonyl (C=O) groups is 1. The molecule has 2 N–H and O–H groups in total. The van der Waals surface area contributed by atoms with Gasteiger partial charge in [-0.2, -0.15) is 4.98 Å². The molecule has 1 aliphatic rings. The SMILES string of the molecule is C[C@H]1COC[C@H](C)N1c1nc2c(C(N)=O)cccc2o1.Cl. The number of rotatable bonds is 2. The minimum Gasteiger partial charge on any atom is -0.423 e. The summed E-state index contributed by atoms with van der Waals surface area (Å²) in [6, 6.07) is 6.03. The molecule has 1 amide bonds. The number of hydrogen-bond donors (Lipinski definition) is 1. The third kappa shape index (κ3) is 2.69. The summed E-state index contributed by atoms with van der Waals surface area (Å²) >= 11 is 0. The molecule has 2 heterocycles. The summed E-state index contributed by atoms with van der Waals surface area (Å²) in [5, 5.41) is 0. The third-order valence-electron chi connectivity index (χ3n) is 3.56. The molecule has 2 atom stereocenters. The van der Waals surface area contributed by atoms with Crippen molar-refractivity contribution in [2.45, 2.75) is 25.9 Å². The Morgan fingerprint density at radius 1 is 1.33 bits per heavy atom. The third-order valence-corrected chi connectivity index (χ3v) is 3.56. The lowest BCUT2D eigenvalue weighted by Gasteiger charge is -2.37. The summed E-state index contributed by atoms with van der Waals surface area (Å²) in [5.41, 5.74) is 6.83. The van der Waals surface area contributed by atoms with Crippen molar-refractivity contribution < 1.29 is 13.9 Å². The summed E-state index contributed by atoms with van der Waals surface area (Å²) < 4.78 is 11.3. The summed E-state index contributed by atoms with van der Waals surface area (Å²) in [4.78, 5) is 18.0. The van der Waals surface area contributed by atoms with E-state index in [1.54, 1.807) is 18.2 Å². The number of hydrogen-bond acceptors (Lipinski definition) is 5. The zero-order chi connectivity index (χ0) is 14.3. The summed E-state index contributed by atoms with van der Waals surface area (Å²) in [5.74, 6) is -0.501. The van der Waals surface area contributed by atoms with Crippen LogP contribution in [0, 0.1) is 0 Å². The Labute approximate surface area is 128 Å². The van der Waals surface area contributed by atoms with E-state index in [9.17, 15) is 4.79 Å². The maximum atomic E-state index is 11.4. The number of oxazole rings is 1. The fraction of sp³-hybridized carbons (Fsp3) is 0.429. The number of nitrogens with two attached hydrogens (primary N) is 1.